The van der Waals surface area contributed by atoms with E-state index in [4.69, 9.17) is 0 Å². The Kier molecular flexibility index (Phi) is 11.5. The Bertz CT molecular complexity index is 288. The smallest absolute Gasteiger partial charge is 0.120 e. The van der Waals surface area contributed by atoms with Gasteiger partial charge in [-0.2, -0.15) is 0 Å². The van der Waals surface area contributed by atoms with Crippen LogP contribution in [-0.2, 0) is 11.2 Å². The first kappa shape index (κ1) is 16.9. The van der Waals surface area contributed by atoms with Crippen molar-refractivity contribution < 1.29 is 4.79 Å². The summed E-state index contributed by atoms with van der Waals surface area (Å²) < 4.78 is 0. The number of aldehydes is 1. The van der Waals surface area contributed by atoms with Crippen LogP contribution in [0.2, 0.25) is 0 Å². The summed E-state index contributed by atoms with van der Waals surface area (Å²) in [5, 5.41) is 3.07. The highest BCUT2D eigenvalue weighted by molar-refractivity contribution is 5.49. The Morgan fingerprint density at radius 1 is 1.17 bits per heavy atom. The van der Waals surface area contributed by atoms with E-state index in [0.717, 1.165) is 25.7 Å². The Hall–Kier alpha value is -1.15. The molecule has 0 heterocycles. The van der Waals surface area contributed by atoms with E-state index in [-0.39, 0.29) is 0 Å². The van der Waals surface area contributed by atoms with Crippen LogP contribution in [0.25, 0.3) is 0 Å². The van der Waals surface area contributed by atoms with Crippen LogP contribution in [0.1, 0.15) is 43.7 Å². The highest BCUT2D eigenvalue weighted by Gasteiger charge is 1.91. The van der Waals surface area contributed by atoms with Crippen molar-refractivity contribution in [3.8, 4) is 0 Å². The number of nitrogens with one attached hydrogen (secondary N) is 1. The van der Waals surface area contributed by atoms with E-state index >= 15 is 0 Å². The minimum absolute atomic E-state index is 0.674. The number of aryl methyl sites for hydroxylation is 2. The lowest BCUT2D eigenvalue weighted by Gasteiger charge is -1.98. The quantitative estimate of drug-likeness (QED) is 0.591. The van der Waals surface area contributed by atoms with Gasteiger partial charge in [0.15, 0.2) is 0 Å². The number of carbonyl (C=O) groups is 1. The number of carbonyl (C=O) groups excluding carboxylic acids is 1. The largest absolute Gasteiger partial charge is 0.320 e. The summed E-state index contributed by atoms with van der Waals surface area (Å²) in [4.78, 5) is 10.0. The first-order valence-corrected chi connectivity index (χ1v) is 6.88. The maximum atomic E-state index is 10.0. The van der Waals surface area contributed by atoms with Gasteiger partial charge in [0.25, 0.3) is 0 Å². The van der Waals surface area contributed by atoms with Gasteiger partial charge in [-0.3, -0.25) is 0 Å². The molecule has 1 aromatic carbocycles. The number of hydrogen-bond donors (Lipinski definition) is 1. The summed E-state index contributed by atoms with van der Waals surface area (Å²) >= 11 is 0. The van der Waals surface area contributed by atoms with Gasteiger partial charge in [-0.25, -0.2) is 0 Å². The normalized spacial score (nSPS) is 9.50. The van der Waals surface area contributed by atoms with E-state index in [1.807, 2.05) is 7.05 Å². The van der Waals surface area contributed by atoms with Crippen molar-refractivity contribution in [2.75, 3.05) is 13.6 Å². The molecule has 0 radical (unpaired) electrons. The second kappa shape index (κ2) is 12.3. The Morgan fingerprint density at radius 2 is 1.83 bits per heavy atom. The molecule has 0 amide bonds. The van der Waals surface area contributed by atoms with Gasteiger partial charge in [0, 0.05) is 6.42 Å². The highest BCUT2D eigenvalue weighted by Crippen LogP contribution is 2.06. The van der Waals surface area contributed by atoms with Crippen LogP contribution in [0.5, 0.6) is 0 Å². The molecule has 0 saturated carbocycles. The van der Waals surface area contributed by atoms with Gasteiger partial charge in [0.05, 0.1) is 0 Å². The molecule has 1 N–H and O–H groups in total. The molecular weight excluding hydrogens is 222 g/mol. The predicted octanol–water partition coefficient (Wildman–Crippen LogP) is 3.52. The molecule has 0 bridgehead atoms. The average Bonchev–Trinajstić information content (AvgIpc) is 2.40. The number of unbranched alkanes of at least 4 members (excludes halogenated alkanes) is 2. The van der Waals surface area contributed by atoms with E-state index in [2.05, 4.69) is 43.4 Å². The molecule has 0 aliphatic carbocycles. The number of rotatable bonds is 7. The molecule has 0 aliphatic heterocycles. The standard InChI is InChI=1S/C11H14O.C5H13N/c1-10-5-7-11(8-6-10)4-2-3-9-12;1-3-4-5-6-2/h5-9H,2-4H2,1H3;6H,3-5H2,1-2H3. The zero-order chi connectivity index (χ0) is 13.6. The first-order chi connectivity index (χ1) is 8.74. The minimum atomic E-state index is 0.674. The molecule has 0 unspecified atom stereocenters. The Balaban J connectivity index is 0.000000411. The van der Waals surface area contributed by atoms with Gasteiger partial charge in [0.2, 0.25) is 0 Å². The van der Waals surface area contributed by atoms with Crippen molar-refractivity contribution in [3.05, 3.63) is 35.4 Å². The summed E-state index contributed by atoms with van der Waals surface area (Å²) in [6.45, 7) is 5.43. The fourth-order valence-corrected chi connectivity index (χ4v) is 1.50. The Labute approximate surface area is 112 Å². The summed E-state index contributed by atoms with van der Waals surface area (Å²) in [5.41, 5.74) is 2.61. The summed E-state index contributed by atoms with van der Waals surface area (Å²) in [6.07, 6.45) is 6.23. The Morgan fingerprint density at radius 3 is 2.28 bits per heavy atom. The van der Waals surface area contributed by atoms with Gasteiger partial charge < -0.3 is 10.1 Å². The summed E-state index contributed by atoms with van der Waals surface area (Å²) in [7, 11) is 1.98. The second-order valence-corrected chi connectivity index (χ2v) is 4.50. The zero-order valence-corrected chi connectivity index (χ0v) is 12.0. The van der Waals surface area contributed by atoms with Gasteiger partial charge in [-0.1, -0.05) is 43.2 Å². The predicted molar refractivity (Wildman–Crippen MR) is 79.0 cm³/mol. The molecule has 18 heavy (non-hydrogen) atoms. The van der Waals surface area contributed by atoms with E-state index in [1.54, 1.807) is 0 Å². The highest BCUT2D eigenvalue weighted by atomic mass is 16.1. The van der Waals surface area contributed by atoms with Gasteiger partial charge >= 0.3 is 0 Å². The first-order valence-electron chi connectivity index (χ1n) is 6.88. The summed E-state index contributed by atoms with van der Waals surface area (Å²) in [5.74, 6) is 0. The van der Waals surface area contributed by atoms with Crippen LogP contribution in [0.15, 0.2) is 24.3 Å². The van der Waals surface area contributed by atoms with Gasteiger partial charge in [0.1, 0.15) is 6.29 Å². The lowest BCUT2D eigenvalue weighted by molar-refractivity contribution is -0.107. The average molecular weight is 249 g/mol. The second-order valence-electron chi connectivity index (χ2n) is 4.50. The van der Waals surface area contributed by atoms with E-state index < -0.39 is 0 Å². The van der Waals surface area contributed by atoms with Crippen molar-refractivity contribution in [3.63, 3.8) is 0 Å². The third-order valence-electron chi connectivity index (χ3n) is 2.69. The molecule has 0 spiro atoms. The lowest BCUT2D eigenvalue weighted by atomic mass is 10.1. The molecule has 2 nitrogen and oxygen atoms in total. The maximum absolute atomic E-state index is 10.0. The topological polar surface area (TPSA) is 29.1 Å². The molecule has 0 aromatic heterocycles. The molecule has 102 valence electrons. The molecule has 1 aromatic rings. The molecule has 0 atom stereocenters. The molecular formula is C16H27NO. The van der Waals surface area contributed by atoms with Gasteiger partial charge in [-0.05, 0) is 45.3 Å². The van der Waals surface area contributed by atoms with Crippen LogP contribution in [0.4, 0.5) is 0 Å². The number of benzene rings is 1. The van der Waals surface area contributed by atoms with Crippen LogP contribution in [-0.4, -0.2) is 19.9 Å². The SMILES string of the molecule is CCCCNC.Cc1ccc(CCCC=O)cc1. The fraction of sp³-hybridized carbons (Fsp3) is 0.562. The van der Waals surface area contributed by atoms with Crippen molar-refractivity contribution >= 4 is 6.29 Å². The van der Waals surface area contributed by atoms with E-state index in [1.165, 1.54) is 24.0 Å². The molecule has 2 heteroatoms. The van der Waals surface area contributed by atoms with Crippen LogP contribution in [0.3, 0.4) is 0 Å². The summed E-state index contributed by atoms with van der Waals surface area (Å²) in [6, 6.07) is 8.47. The third-order valence-corrected chi connectivity index (χ3v) is 2.69. The fourth-order valence-electron chi connectivity index (χ4n) is 1.50. The maximum Gasteiger partial charge on any atom is 0.120 e. The van der Waals surface area contributed by atoms with Crippen molar-refractivity contribution in [1.29, 1.82) is 0 Å². The zero-order valence-electron chi connectivity index (χ0n) is 12.0. The molecule has 1 rings (SSSR count). The van der Waals surface area contributed by atoms with Crippen molar-refractivity contribution in [1.82, 2.24) is 5.32 Å². The van der Waals surface area contributed by atoms with E-state index in [0.29, 0.717) is 6.42 Å². The molecule has 0 saturated heterocycles. The third kappa shape index (κ3) is 10.0. The minimum Gasteiger partial charge on any atom is -0.320 e. The monoisotopic (exact) mass is 249 g/mol. The molecule has 0 aliphatic rings. The lowest BCUT2D eigenvalue weighted by Crippen LogP contribution is -2.06. The van der Waals surface area contributed by atoms with E-state index in [9.17, 15) is 4.79 Å². The molecule has 0 fully saturated rings. The van der Waals surface area contributed by atoms with Crippen LogP contribution < -0.4 is 5.32 Å². The van der Waals surface area contributed by atoms with Crippen LogP contribution in [0, 0.1) is 6.92 Å². The number of hydrogen-bond acceptors (Lipinski definition) is 2. The van der Waals surface area contributed by atoms with Gasteiger partial charge in [-0.15, -0.1) is 0 Å². The van der Waals surface area contributed by atoms with Crippen molar-refractivity contribution in [2.45, 2.75) is 46.0 Å². The van der Waals surface area contributed by atoms with Crippen molar-refractivity contribution in [2.24, 2.45) is 0 Å². The van der Waals surface area contributed by atoms with Crippen LogP contribution >= 0.6 is 0 Å².